The topological polar surface area (TPSA) is 6.48 Å². The highest BCUT2D eigenvalue weighted by atomic mass is 15.2. The molecule has 0 saturated carbocycles. The number of anilines is 6. The predicted molar refractivity (Wildman–Crippen MR) is 323 cm³/mol. The molecule has 0 unspecified atom stereocenters. The molecule has 0 bridgehead atoms. The van der Waals surface area contributed by atoms with Crippen LogP contribution in [-0.4, -0.2) is 0 Å². The van der Waals surface area contributed by atoms with E-state index in [1.807, 2.05) is 0 Å². The van der Waals surface area contributed by atoms with Gasteiger partial charge in [0.15, 0.2) is 0 Å². The standard InChI is InChI=1S/C74H56N2/c1-53-51-65(43-49-71(53)75(73-29-17-15-27-69(73)63-23-11-5-12-24-63)67-45-39-61(40-46-67)59-35-31-57(32-36-59)55-19-7-3-8-20-55)66-44-50-72(54(2)52-66)76(74-30-18-16-28-70(74)64-25-13-6-14-26-64)68-47-41-62(42-48-68)60-37-33-58(34-38-60)56-21-9-4-10-22-56/h3-52H,1-2H3. The fourth-order valence-corrected chi connectivity index (χ4v) is 10.6. The number of para-hydroxylation sites is 2. The van der Waals surface area contributed by atoms with Crippen LogP contribution in [0.4, 0.5) is 34.1 Å². The van der Waals surface area contributed by atoms with Crippen molar-refractivity contribution < 1.29 is 0 Å². The van der Waals surface area contributed by atoms with Gasteiger partial charge in [0.1, 0.15) is 0 Å². The predicted octanol–water partition coefficient (Wildman–Crippen LogP) is 20.9. The minimum absolute atomic E-state index is 1.09. The summed E-state index contributed by atoms with van der Waals surface area (Å²) < 4.78 is 0. The molecule has 0 saturated heterocycles. The van der Waals surface area contributed by atoms with Gasteiger partial charge in [-0.25, -0.2) is 0 Å². The van der Waals surface area contributed by atoms with Crippen LogP contribution in [0.1, 0.15) is 11.1 Å². The van der Waals surface area contributed by atoms with Crippen molar-refractivity contribution in [3.8, 4) is 77.9 Å². The zero-order chi connectivity index (χ0) is 51.2. The Balaban J connectivity index is 0.894. The van der Waals surface area contributed by atoms with Crippen LogP contribution in [0.3, 0.4) is 0 Å². The maximum atomic E-state index is 2.42. The van der Waals surface area contributed by atoms with Gasteiger partial charge in [-0.3, -0.25) is 0 Å². The monoisotopic (exact) mass is 972 g/mol. The number of hydrogen-bond donors (Lipinski definition) is 0. The smallest absolute Gasteiger partial charge is 0.0540 e. The summed E-state index contributed by atoms with van der Waals surface area (Å²) in [5.41, 5.74) is 25.6. The summed E-state index contributed by atoms with van der Waals surface area (Å²) in [6.45, 7) is 4.48. The van der Waals surface area contributed by atoms with Crippen LogP contribution in [0.15, 0.2) is 303 Å². The van der Waals surface area contributed by atoms with Gasteiger partial charge in [-0.15, -0.1) is 0 Å². The summed E-state index contributed by atoms with van der Waals surface area (Å²) in [5.74, 6) is 0. The fraction of sp³-hybridized carbons (Fsp3) is 0.0270. The van der Waals surface area contributed by atoms with Crippen molar-refractivity contribution in [3.63, 3.8) is 0 Å². The lowest BCUT2D eigenvalue weighted by Crippen LogP contribution is -2.13. The SMILES string of the molecule is Cc1cc(-c2ccc(N(c3ccc(-c4ccc(-c5ccccc5)cc4)cc3)c3ccccc3-c3ccccc3)c(C)c2)ccc1N(c1ccc(-c2ccc(-c3ccccc3)cc2)cc1)c1ccccc1-c1ccccc1. The molecule has 12 aromatic rings. The molecule has 12 aromatic carbocycles. The number of rotatable bonds is 13. The van der Waals surface area contributed by atoms with Crippen LogP contribution in [-0.2, 0) is 0 Å². The molecule has 0 aliphatic heterocycles. The Kier molecular flexibility index (Phi) is 13.3. The zero-order valence-electron chi connectivity index (χ0n) is 42.8. The molecule has 0 aromatic heterocycles. The molecule has 12 rings (SSSR count). The fourth-order valence-electron chi connectivity index (χ4n) is 10.6. The van der Waals surface area contributed by atoms with E-state index in [0.717, 1.165) is 34.1 Å². The highest BCUT2D eigenvalue weighted by molar-refractivity contribution is 5.92. The van der Waals surface area contributed by atoms with E-state index in [9.17, 15) is 0 Å². The Hall–Kier alpha value is -9.76. The van der Waals surface area contributed by atoms with Crippen LogP contribution in [0, 0.1) is 13.8 Å². The maximum absolute atomic E-state index is 2.42. The summed E-state index contributed by atoms with van der Waals surface area (Å²) >= 11 is 0. The Morgan fingerprint density at radius 1 is 0.184 bits per heavy atom. The van der Waals surface area contributed by atoms with Gasteiger partial charge in [-0.05, 0) is 152 Å². The Bertz CT molecular complexity index is 3630. The molecule has 0 atom stereocenters. The summed E-state index contributed by atoms with van der Waals surface area (Å²) in [7, 11) is 0. The van der Waals surface area contributed by atoms with Gasteiger partial charge >= 0.3 is 0 Å². The number of benzene rings is 12. The first kappa shape index (κ1) is 47.3. The molecule has 76 heavy (non-hydrogen) atoms. The quantitative estimate of drug-likeness (QED) is 0.114. The molecule has 0 N–H and O–H groups in total. The number of nitrogens with zero attached hydrogens (tertiary/aromatic N) is 2. The van der Waals surface area contributed by atoms with Gasteiger partial charge in [0.05, 0.1) is 11.4 Å². The van der Waals surface area contributed by atoms with Gasteiger partial charge < -0.3 is 9.80 Å². The largest absolute Gasteiger partial charge is 0.310 e. The molecule has 2 heteroatoms. The Labute approximate surface area is 447 Å². The molecular weight excluding hydrogens is 917 g/mol. The van der Waals surface area contributed by atoms with E-state index >= 15 is 0 Å². The lowest BCUT2D eigenvalue weighted by Gasteiger charge is -2.30. The molecule has 0 amide bonds. The summed E-state index contributed by atoms with van der Waals surface area (Å²) in [5, 5.41) is 0. The summed E-state index contributed by atoms with van der Waals surface area (Å²) in [4.78, 5) is 4.84. The van der Waals surface area contributed by atoms with Gasteiger partial charge in [0, 0.05) is 33.9 Å². The van der Waals surface area contributed by atoms with Crippen LogP contribution in [0.25, 0.3) is 77.9 Å². The van der Waals surface area contributed by atoms with Crippen LogP contribution < -0.4 is 9.80 Å². The van der Waals surface area contributed by atoms with Crippen LogP contribution >= 0.6 is 0 Å². The average Bonchev–Trinajstić information content (AvgIpc) is 3.51. The molecule has 0 aliphatic carbocycles. The lowest BCUT2D eigenvalue weighted by atomic mass is 9.96. The van der Waals surface area contributed by atoms with Gasteiger partial charge in [0.25, 0.3) is 0 Å². The van der Waals surface area contributed by atoms with Crippen molar-refractivity contribution >= 4 is 34.1 Å². The molecule has 0 fully saturated rings. The molecule has 2 nitrogen and oxygen atoms in total. The molecule has 0 radical (unpaired) electrons. The molecular formula is C74H56N2. The van der Waals surface area contributed by atoms with Crippen molar-refractivity contribution in [2.45, 2.75) is 13.8 Å². The third kappa shape index (κ3) is 9.76. The Morgan fingerprint density at radius 2 is 0.421 bits per heavy atom. The maximum Gasteiger partial charge on any atom is 0.0540 e. The molecule has 0 spiro atoms. The van der Waals surface area contributed by atoms with E-state index in [1.54, 1.807) is 0 Å². The highest BCUT2D eigenvalue weighted by Crippen LogP contribution is 2.46. The summed E-state index contributed by atoms with van der Waals surface area (Å²) in [6, 6.07) is 110. The van der Waals surface area contributed by atoms with Crippen molar-refractivity contribution in [2.75, 3.05) is 9.80 Å². The first-order valence-corrected chi connectivity index (χ1v) is 26.2. The van der Waals surface area contributed by atoms with E-state index in [4.69, 9.17) is 0 Å². The summed E-state index contributed by atoms with van der Waals surface area (Å²) in [6.07, 6.45) is 0. The minimum atomic E-state index is 1.09. The zero-order valence-corrected chi connectivity index (χ0v) is 42.8. The highest BCUT2D eigenvalue weighted by Gasteiger charge is 2.22. The lowest BCUT2D eigenvalue weighted by molar-refractivity contribution is 1.24. The average molecular weight is 973 g/mol. The molecule has 0 heterocycles. The van der Waals surface area contributed by atoms with Crippen LogP contribution in [0.2, 0.25) is 0 Å². The van der Waals surface area contributed by atoms with Crippen molar-refractivity contribution in [3.05, 3.63) is 314 Å². The van der Waals surface area contributed by atoms with Gasteiger partial charge in [-0.1, -0.05) is 243 Å². The minimum Gasteiger partial charge on any atom is -0.310 e. The molecule has 362 valence electrons. The number of hydrogen-bond acceptors (Lipinski definition) is 2. The van der Waals surface area contributed by atoms with E-state index < -0.39 is 0 Å². The van der Waals surface area contributed by atoms with Crippen molar-refractivity contribution in [1.29, 1.82) is 0 Å². The van der Waals surface area contributed by atoms with Crippen molar-refractivity contribution in [1.82, 2.24) is 0 Å². The van der Waals surface area contributed by atoms with Crippen LogP contribution in [0.5, 0.6) is 0 Å². The van der Waals surface area contributed by atoms with E-state index in [1.165, 1.54) is 89.0 Å². The van der Waals surface area contributed by atoms with Gasteiger partial charge in [0.2, 0.25) is 0 Å². The second kappa shape index (κ2) is 21.4. The van der Waals surface area contributed by atoms with Gasteiger partial charge in [-0.2, -0.15) is 0 Å². The number of aryl methyl sites for hydroxylation is 2. The van der Waals surface area contributed by atoms with E-state index in [0.29, 0.717) is 0 Å². The first-order valence-electron chi connectivity index (χ1n) is 26.2. The Morgan fingerprint density at radius 3 is 0.724 bits per heavy atom. The third-order valence-corrected chi connectivity index (χ3v) is 14.6. The normalized spacial score (nSPS) is 11.0. The second-order valence-corrected chi connectivity index (χ2v) is 19.4. The van der Waals surface area contributed by atoms with E-state index in [2.05, 4.69) is 327 Å². The first-order chi connectivity index (χ1) is 37.5. The third-order valence-electron chi connectivity index (χ3n) is 14.6. The van der Waals surface area contributed by atoms with Crippen molar-refractivity contribution in [2.24, 2.45) is 0 Å². The molecule has 0 aliphatic rings. The second-order valence-electron chi connectivity index (χ2n) is 19.4. The van der Waals surface area contributed by atoms with E-state index in [-0.39, 0.29) is 0 Å².